The van der Waals surface area contributed by atoms with Crippen LogP contribution in [0, 0.1) is 0 Å². The smallest absolute Gasteiger partial charge is 0.247 e. The highest BCUT2D eigenvalue weighted by molar-refractivity contribution is 7.92. The van der Waals surface area contributed by atoms with Gasteiger partial charge in [0.05, 0.1) is 5.92 Å². The molecule has 0 aliphatic carbocycles. The maximum atomic E-state index is 12.8. The SMILES string of the molecule is O=S(=O)(/C=C/c1ccccc1)N1CCC[C@@H](c2nnc(-c3ccc4c(c3)OCO4)o2)C1. The van der Waals surface area contributed by atoms with Gasteiger partial charge in [0.25, 0.3) is 0 Å². The van der Waals surface area contributed by atoms with Crippen molar-refractivity contribution in [2.24, 2.45) is 0 Å². The number of aromatic nitrogens is 2. The van der Waals surface area contributed by atoms with Crippen molar-refractivity contribution in [1.82, 2.24) is 14.5 Å². The van der Waals surface area contributed by atoms with Crippen LogP contribution >= 0.6 is 0 Å². The van der Waals surface area contributed by atoms with E-state index in [-0.39, 0.29) is 12.7 Å². The van der Waals surface area contributed by atoms with E-state index in [1.54, 1.807) is 18.2 Å². The summed E-state index contributed by atoms with van der Waals surface area (Å²) in [5.74, 6) is 1.98. The van der Waals surface area contributed by atoms with Crippen LogP contribution in [0.4, 0.5) is 0 Å². The van der Waals surface area contributed by atoms with Gasteiger partial charge in [-0.05, 0) is 42.7 Å². The Labute approximate surface area is 180 Å². The Morgan fingerprint density at radius 2 is 1.87 bits per heavy atom. The summed E-state index contributed by atoms with van der Waals surface area (Å²) in [5.41, 5.74) is 1.57. The number of ether oxygens (including phenoxy) is 2. The maximum absolute atomic E-state index is 12.8. The van der Waals surface area contributed by atoms with Gasteiger partial charge >= 0.3 is 0 Å². The number of sulfonamides is 1. The highest BCUT2D eigenvalue weighted by Crippen LogP contribution is 2.36. The molecule has 2 aromatic carbocycles. The summed E-state index contributed by atoms with van der Waals surface area (Å²) in [4.78, 5) is 0. The van der Waals surface area contributed by atoms with Crippen LogP contribution in [0.3, 0.4) is 0 Å². The first kappa shape index (κ1) is 19.8. The molecule has 2 aliphatic rings. The van der Waals surface area contributed by atoms with E-state index in [4.69, 9.17) is 13.9 Å². The quantitative estimate of drug-likeness (QED) is 0.599. The lowest BCUT2D eigenvalue weighted by Crippen LogP contribution is -2.38. The summed E-state index contributed by atoms with van der Waals surface area (Å²) >= 11 is 0. The molecular weight excluding hydrogens is 418 g/mol. The molecule has 0 N–H and O–H groups in total. The van der Waals surface area contributed by atoms with Gasteiger partial charge in [-0.1, -0.05) is 30.3 Å². The minimum absolute atomic E-state index is 0.149. The van der Waals surface area contributed by atoms with Gasteiger partial charge in [-0.25, -0.2) is 8.42 Å². The molecule has 1 atom stereocenters. The van der Waals surface area contributed by atoms with Crippen molar-refractivity contribution < 1.29 is 22.3 Å². The molecule has 1 saturated heterocycles. The Kier molecular flexibility index (Phi) is 5.21. The van der Waals surface area contributed by atoms with Gasteiger partial charge in [0.15, 0.2) is 11.5 Å². The highest BCUT2D eigenvalue weighted by atomic mass is 32.2. The van der Waals surface area contributed by atoms with E-state index >= 15 is 0 Å². The molecule has 0 saturated carbocycles. The van der Waals surface area contributed by atoms with Crippen LogP contribution < -0.4 is 9.47 Å². The molecule has 9 heteroatoms. The fourth-order valence-corrected chi connectivity index (χ4v) is 5.01. The van der Waals surface area contributed by atoms with E-state index in [2.05, 4.69) is 10.2 Å². The third-order valence-electron chi connectivity index (χ3n) is 5.39. The molecule has 31 heavy (non-hydrogen) atoms. The van der Waals surface area contributed by atoms with E-state index in [1.165, 1.54) is 9.71 Å². The Morgan fingerprint density at radius 1 is 1.03 bits per heavy atom. The van der Waals surface area contributed by atoms with Crippen molar-refractivity contribution in [3.8, 4) is 23.0 Å². The number of rotatable bonds is 5. The number of benzene rings is 2. The minimum atomic E-state index is -3.54. The summed E-state index contributed by atoms with van der Waals surface area (Å²) in [6.45, 7) is 0.977. The molecule has 0 amide bonds. The van der Waals surface area contributed by atoms with Crippen LogP contribution in [0.25, 0.3) is 17.5 Å². The van der Waals surface area contributed by atoms with Gasteiger partial charge in [-0.15, -0.1) is 10.2 Å². The molecule has 3 aromatic rings. The normalized spacial score (nSPS) is 19.2. The largest absolute Gasteiger partial charge is 0.454 e. The third kappa shape index (κ3) is 4.19. The third-order valence-corrected chi connectivity index (χ3v) is 6.92. The second-order valence-electron chi connectivity index (χ2n) is 7.47. The first-order chi connectivity index (χ1) is 15.1. The zero-order valence-corrected chi connectivity index (χ0v) is 17.5. The number of hydrogen-bond donors (Lipinski definition) is 0. The average molecular weight is 439 g/mol. The van der Waals surface area contributed by atoms with Gasteiger partial charge in [-0.2, -0.15) is 4.31 Å². The summed E-state index contributed by atoms with van der Waals surface area (Å²) < 4.78 is 43.7. The van der Waals surface area contributed by atoms with Gasteiger partial charge < -0.3 is 13.9 Å². The number of nitrogens with zero attached hydrogens (tertiary/aromatic N) is 3. The fourth-order valence-electron chi connectivity index (χ4n) is 3.74. The fraction of sp³-hybridized carbons (Fsp3) is 0.273. The van der Waals surface area contributed by atoms with Crippen LogP contribution in [-0.4, -0.2) is 42.8 Å². The standard InChI is InChI=1S/C22H21N3O5S/c26-31(27,12-10-16-5-2-1-3-6-16)25-11-4-7-18(14-25)22-24-23-21(30-22)17-8-9-19-20(13-17)29-15-28-19/h1-3,5-6,8-10,12-13,18H,4,7,11,14-15H2/b12-10+/t18-/m1/s1. The molecule has 8 nitrogen and oxygen atoms in total. The topological polar surface area (TPSA) is 94.8 Å². The van der Waals surface area contributed by atoms with Crippen LogP contribution in [0.2, 0.25) is 0 Å². The Bertz CT molecular complexity index is 1210. The van der Waals surface area contributed by atoms with E-state index < -0.39 is 10.0 Å². The van der Waals surface area contributed by atoms with E-state index in [1.807, 2.05) is 36.4 Å². The van der Waals surface area contributed by atoms with Crippen LogP contribution in [-0.2, 0) is 10.0 Å². The lowest BCUT2D eigenvalue weighted by atomic mass is 10.00. The predicted octanol–water partition coefficient (Wildman–Crippen LogP) is 3.65. The van der Waals surface area contributed by atoms with Crippen molar-refractivity contribution >= 4 is 16.1 Å². The number of hydrogen-bond acceptors (Lipinski definition) is 7. The highest BCUT2D eigenvalue weighted by Gasteiger charge is 2.31. The van der Waals surface area contributed by atoms with Crippen LogP contribution in [0.5, 0.6) is 11.5 Å². The Morgan fingerprint density at radius 3 is 2.74 bits per heavy atom. The number of fused-ring (bicyclic) bond motifs is 1. The summed E-state index contributed by atoms with van der Waals surface area (Å²) in [6.07, 6.45) is 3.13. The van der Waals surface area contributed by atoms with Crippen molar-refractivity contribution in [3.63, 3.8) is 0 Å². The average Bonchev–Trinajstić information content (AvgIpc) is 3.48. The first-order valence-electron chi connectivity index (χ1n) is 10.1. The molecule has 2 aliphatic heterocycles. The van der Waals surface area contributed by atoms with Crippen molar-refractivity contribution in [3.05, 3.63) is 65.4 Å². The Hall–Kier alpha value is -3.17. The van der Waals surface area contributed by atoms with Gasteiger partial charge in [-0.3, -0.25) is 0 Å². The molecule has 0 unspecified atom stereocenters. The molecule has 1 aromatic heterocycles. The van der Waals surface area contributed by atoms with E-state index in [0.717, 1.165) is 24.0 Å². The van der Waals surface area contributed by atoms with E-state index in [0.29, 0.717) is 36.4 Å². The Balaban J connectivity index is 1.31. The molecule has 0 radical (unpaired) electrons. The lowest BCUT2D eigenvalue weighted by molar-refractivity contribution is 0.174. The van der Waals surface area contributed by atoms with Crippen molar-refractivity contribution in [2.45, 2.75) is 18.8 Å². The summed E-state index contributed by atoms with van der Waals surface area (Å²) in [7, 11) is -3.54. The molecule has 160 valence electrons. The molecule has 1 fully saturated rings. The van der Waals surface area contributed by atoms with Gasteiger partial charge in [0, 0.05) is 24.1 Å². The summed E-state index contributed by atoms with van der Waals surface area (Å²) in [6, 6.07) is 14.8. The lowest BCUT2D eigenvalue weighted by Gasteiger charge is -2.29. The monoisotopic (exact) mass is 439 g/mol. The van der Waals surface area contributed by atoms with Crippen molar-refractivity contribution in [1.29, 1.82) is 0 Å². The van der Waals surface area contributed by atoms with E-state index in [9.17, 15) is 8.42 Å². The summed E-state index contributed by atoms with van der Waals surface area (Å²) in [5, 5.41) is 9.61. The van der Waals surface area contributed by atoms with Gasteiger partial charge in [0.2, 0.25) is 28.6 Å². The maximum Gasteiger partial charge on any atom is 0.247 e. The zero-order valence-electron chi connectivity index (χ0n) is 16.7. The molecule has 5 rings (SSSR count). The van der Waals surface area contributed by atoms with Crippen LogP contribution in [0.1, 0.15) is 30.2 Å². The molecular formula is C22H21N3O5S. The second-order valence-corrected chi connectivity index (χ2v) is 9.29. The first-order valence-corrected chi connectivity index (χ1v) is 11.6. The second kappa shape index (κ2) is 8.16. The predicted molar refractivity (Wildman–Crippen MR) is 114 cm³/mol. The number of piperidine rings is 1. The molecule has 3 heterocycles. The van der Waals surface area contributed by atoms with Gasteiger partial charge in [0.1, 0.15) is 0 Å². The van der Waals surface area contributed by atoms with Crippen LogP contribution in [0.15, 0.2) is 58.4 Å². The molecule has 0 bridgehead atoms. The molecule has 0 spiro atoms. The zero-order chi connectivity index (χ0) is 21.3. The van der Waals surface area contributed by atoms with Crippen molar-refractivity contribution in [2.75, 3.05) is 19.9 Å². The minimum Gasteiger partial charge on any atom is -0.454 e.